The van der Waals surface area contributed by atoms with Gasteiger partial charge in [0.2, 0.25) is 0 Å². The van der Waals surface area contributed by atoms with Gasteiger partial charge in [0.15, 0.2) is 0 Å². The molecule has 6 heteroatoms. The molecule has 0 saturated heterocycles. The summed E-state index contributed by atoms with van der Waals surface area (Å²) in [5.74, 6) is 1.62. The lowest BCUT2D eigenvalue weighted by Gasteiger charge is -2.26. The summed E-state index contributed by atoms with van der Waals surface area (Å²) in [6, 6.07) is 7.73. The van der Waals surface area contributed by atoms with Crippen molar-refractivity contribution in [2.24, 2.45) is 0 Å². The Hall–Kier alpha value is -3.02. The Morgan fingerprint density at radius 3 is 3.08 bits per heavy atom. The fraction of sp³-hybridized carbons (Fsp3) is 0.263. The highest BCUT2D eigenvalue weighted by atomic mass is 16.3. The summed E-state index contributed by atoms with van der Waals surface area (Å²) < 4.78 is 5.47. The minimum Gasteiger partial charge on any atom is -0.465 e. The molecule has 0 fully saturated rings. The van der Waals surface area contributed by atoms with Gasteiger partial charge in [-0.1, -0.05) is 6.08 Å². The lowest BCUT2D eigenvalue weighted by molar-refractivity contribution is 0.201. The molecule has 0 spiro atoms. The van der Waals surface area contributed by atoms with E-state index < -0.39 is 0 Å². The van der Waals surface area contributed by atoms with Crippen LogP contribution in [-0.2, 0) is 6.54 Å². The zero-order chi connectivity index (χ0) is 17.2. The smallest absolute Gasteiger partial charge is 0.318 e. The number of nitrogens with zero attached hydrogens (tertiary/aromatic N) is 2. The fourth-order valence-corrected chi connectivity index (χ4v) is 3.17. The van der Waals surface area contributed by atoms with Gasteiger partial charge in [-0.2, -0.15) is 0 Å². The topological polar surface area (TPSA) is 74.2 Å². The Labute approximate surface area is 145 Å². The average Bonchev–Trinajstić information content (AvgIpc) is 3.26. The summed E-state index contributed by atoms with van der Waals surface area (Å²) >= 11 is 0. The molecule has 6 nitrogen and oxygen atoms in total. The van der Waals surface area contributed by atoms with E-state index in [4.69, 9.17) is 4.42 Å². The minimum atomic E-state index is -0.0649. The summed E-state index contributed by atoms with van der Waals surface area (Å²) in [6.45, 7) is 3.60. The molecule has 0 atom stereocenters. The third kappa shape index (κ3) is 3.15. The maximum absolute atomic E-state index is 12.3. The van der Waals surface area contributed by atoms with E-state index in [0.717, 1.165) is 29.0 Å². The first kappa shape index (κ1) is 15.5. The molecule has 3 aromatic rings. The van der Waals surface area contributed by atoms with Crippen LogP contribution in [0.15, 0.2) is 47.2 Å². The molecule has 4 heterocycles. The zero-order valence-electron chi connectivity index (χ0n) is 14.1. The fourth-order valence-electron chi connectivity index (χ4n) is 3.17. The lowest BCUT2D eigenvalue weighted by atomic mass is 10.00. The van der Waals surface area contributed by atoms with Crippen molar-refractivity contribution in [1.29, 1.82) is 0 Å². The number of furan rings is 1. The number of urea groups is 1. The number of aryl methyl sites for hydroxylation is 1. The number of pyridine rings is 1. The maximum atomic E-state index is 12.3. The molecule has 0 bridgehead atoms. The molecule has 2 amide bonds. The number of fused-ring (bicyclic) bond motifs is 1. The minimum absolute atomic E-state index is 0.0649. The maximum Gasteiger partial charge on any atom is 0.318 e. The van der Waals surface area contributed by atoms with Crippen molar-refractivity contribution in [2.75, 3.05) is 13.1 Å². The quantitative estimate of drug-likeness (QED) is 0.769. The van der Waals surface area contributed by atoms with Crippen molar-refractivity contribution >= 4 is 22.6 Å². The van der Waals surface area contributed by atoms with E-state index in [9.17, 15) is 4.79 Å². The van der Waals surface area contributed by atoms with Gasteiger partial charge in [0.25, 0.3) is 0 Å². The number of amides is 2. The van der Waals surface area contributed by atoms with Crippen molar-refractivity contribution in [1.82, 2.24) is 20.2 Å². The number of hydrogen-bond donors (Lipinski definition) is 2. The van der Waals surface area contributed by atoms with Crippen molar-refractivity contribution in [3.8, 4) is 0 Å². The van der Waals surface area contributed by atoms with E-state index in [0.29, 0.717) is 19.6 Å². The van der Waals surface area contributed by atoms with Crippen molar-refractivity contribution < 1.29 is 9.21 Å². The molecule has 0 radical (unpaired) electrons. The molecular formula is C19H20N4O2. The normalized spacial score (nSPS) is 14.6. The van der Waals surface area contributed by atoms with Crippen molar-refractivity contribution in [3.05, 3.63) is 59.8 Å². The van der Waals surface area contributed by atoms with Gasteiger partial charge < -0.3 is 19.6 Å². The number of carbonyl (C=O) groups excluding carboxylic acids is 1. The second-order valence-corrected chi connectivity index (χ2v) is 6.20. The third-order valence-electron chi connectivity index (χ3n) is 4.50. The highest BCUT2D eigenvalue weighted by Crippen LogP contribution is 2.28. The van der Waals surface area contributed by atoms with E-state index in [1.807, 2.05) is 36.2 Å². The number of carbonyl (C=O) groups is 1. The van der Waals surface area contributed by atoms with E-state index in [1.165, 1.54) is 11.1 Å². The van der Waals surface area contributed by atoms with E-state index in [1.54, 1.807) is 6.20 Å². The predicted molar refractivity (Wildman–Crippen MR) is 95.9 cm³/mol. The van der Waals surface area contributed by atoms with Crippen LogP contribution in [0, 0.1) is 6.92 Å². The molecule has 1 aliphatic rings. The van der Waals surface area contributed by atoms with Crippen LogP contribution in [0.1, 0.15) is 23.5 Å². The Kier molecular flexibility index (Phi) is 4.01. The van der Waals surface area contributed by atoms with E-state index in [2.05, 4.69) is 27.4 Å². The van der Waals surface area contributed by atoms with Gasteiger partial charge in [-0.05, 0) is 43.2 Å². The molecule has 1 aliphatic heterocycles. The standard InChI is InChI=1S/C19H20N4O2/c1-13-4-5-15(25-13)11-22-19(24)23-9-6-14(7-10-23)17-12-21-18-16(17)3-2-8-20-18/h2-6,8,12H,7,9-11H2,1H3,(H,20,21)(H,22,24). The Bertz CT molecular complexity index is 938. The van der Waals surface area contributed by atoms with E-state index >= 15 is 0 Å². The number of aromatic amines is 1. The number of nitrogens with one attached hydrogen (secondary N) is 2. The largest absolute Gasteiger partial charge is 0.465 e. The second kappa shape index (κ2) is 6.47. The van der Waals surface area contributed by atoms with Gasteiger partial charge in [0, 0.05) is 36.4 Å². The molecular weight excluding hydrogens is 316 g/mol. The Morgan fingerprint density at radius 2 is 2.32 bits per heavy atom. The molecule has 25 heavy (non-hydrogen) atoms. The van der Waals surface area contributed by atoms with Crippen LogP contribution in [-0.4, -0.2) is 34.0 Å². The molecule has 0 saturated carbocycles. The molecule has 2 N–H and O–H groups in total. The highest BCUT2D eigenvalue weighted by molar-refractivity contribution is 5.91. The first-order chi connectivity index (χ1) is 12.2. The van der Waals surface area contributed by atoms with Crippen molar-refractivity contribution in [2.45, 2.75) is 19.9 Å². The second-order valence-electron chi connectivity index (χ2n) is 6.20. The van der Waals surface area contributed by atoms with Crippen molar-refractivity contribution in [3.63, 3.8) is 0 Å². The number of hydrogen-bond acceptors (Lipinski definition) is 3. The Morgan fingerprint density at radius 1 is 1.40 bits per heavy atom. The number of aromatic nitrogens is 2. The van der Waals surface area contributed by atoms with Crippen LogP contribution in [0.3, 0.4) is 0 Å². The summed E-state index contributed by atoms with van der Waals surface area (Å²) in [4.78, 5) is 21.7. The molecule has 128 valence electrons. The highest BCUT2D eigenvalue weighted by Gasteiger charge is 2.19. The molecule has 4 rings (SSSR count). The van der Waals surface area contributed by atoms with Crippen LogP contribution < -0.4 is 5.32 Å². The van der Waals surface area contributed by atoms with Gasteiger partial charge in [-0.3, -0.25) is 0 Å². The summed E-state index contributed by atoms with van der Waals surface area (Å²) in [5, 5.41) is 4.03. The monoisotopic (exact) mass is 336 g/mol. The predicted octanol–water partition coefficient (Wildman–Crippen LogP) is 3.46. The van der Waals surface area contributed by atoms with Gasteiger partial charge in [-0.25, -0.2) is 9.78 Å². The van der Waals surface area contributed by atoms with Crippen LogP contribution >= 0.6 is 0 Å². The zero-order valence-corrected chi connectivity index (χ0v) is 14.1. The molecule has 0 unspecified atom stereocenters. The van der Waals surface area contributed by atoms with E-state index in [-0.39, 0.29) is 6.03 Å². The third-order valence-corrected chi connectivity index (χ3v) is 4.50. The van der Waals surface area contributed by atoms with Crippen LogP contribution in [0.2, 0.25) is 0 Å². The molecule has 0 aromatic carbocycles. The summed E-state index contributed by atoms with van der Waals surface area (Å²) in [7, 11) is 0. The summed E-state index contributed by atoms with van der Waals surface area (Å²) in [6.07, 6.45) is 6.73. The summed E-state index contributed by atoms with van der Waals surface area (Å²) in [5.41, 5.74) is 3.33. The first-order valence-corrected chi connectivity index (χ1v) is 8.40. The molecule has 3 aromatic heterocycles. The van der Waals surface area contributed by atoms with Crippen LogP contribution in [0.25, 0.3) is 16.6 Å². The van der Waals surface area contributed by atoms with Gasteiger partial charge in [0.1, 0.15) is 17.2 Å². The van der Waals surface area contributed by atoms with Gasteiger partial charge in [-0.15, -0.1) is 0 Å². The van der Waals surface area contributed by atoms with Gasteiger partial charge in [0.05, 0.1) is 6.54 Å². The Balaban J connectivity index is 1.40. The number of H-pyrrole nitrogens is 1. The average molecular weight is 336 g/mol. The lowest BCUT2D eigenvalue weighted by Crippen LogP contribution is -2.41. The number of rotatable bonds is 3. The SMILES string of the molecule is Cc1ccc(CNC(=O)N2CC=C(c3c[nH]c4ncccc34)CC2)o1. The van der Waals surface area contributed by atoms with Gasteiger partial charge >= 0.3 is 6.03 Å². The van der Waals surface area contributed by atoms with Crippen LogP contribution in [0.4, 0.5) is 4.79 Å². The molecule has 0 aliphatic carbocycles. The first-order valence-electron chi connectivity index (χ1n) is 8.40. The van der Waals surface area contributed by atoms with Crippen LogP contribution in [0.5, 0.6) is 0 Å².